The van der Waals surface area contributed by atoms with Gasteiger partial charge in [-0.25, -0.2) is 9.13 Å². The van der Waals surface area contributed by atoms with Crippen LogP contribution in [0.1, 0.15) is 19.2 Å². The third kappa shape index (κ3) is 5.16. The monoisotopic (exact) mass is 257 g/mol. The van der Waals surface area contributed by atoms with Crippen molar-refractivity contribution >= 4 is 0 Å². The minimum absolute atomic E-state index is 0.0694. The number of aromatic nitrogens is 2. The second-order valence-corrected chi connectivity index (χ2v) is 4.18. The van der Waals surface area contributed by atoms with E-state index in [0.717, 1.165) is 19.5 Å². The van der Waals surface area contributed by atoms with Crippen LogP contribution in [0.25, 0.3) is 0 Å². The number of hydrogen-bond donors (Lipinski definition) is 1. The lowest BCUT2D eigenvalue weighted by Gasteiger charge is -2.04. The summed E-state index contributed by atoms with van der Waals surface area (Å²) in [6.45, 7) is 8.49. The van der Waals surface area contributed by atoms with Gasteiger partial charge in [-0.15, -0.1) is 0 Å². The van der Waals surface area contributed by atoms with Crippen LogP contribution < -0.4 is 4.57 Å². The van der Waals surface area contributed by atoms with Crippen LogP contribution in [0.4, 0.5) is 0 Å². The molecular weight excluding hydrogens is 232 g/mol. The first-order chi connectivity index (χ1) is 8.79. The van der Waals surface area contributed by atoms with Crippen LogP contribution in [-0.2, 0) is 22.6 Å². The first kappa shape index (κ1) is 15.1. The Labute approximate surface area is 109 Å². The Morgan fingerprint density at radius 3 is 2.61 bits per heavy atom. The summed E-state index contributed by atoms with van der Waals surface area (Å²) in [5.74, 6) is 1.26. The van der Waals surface area contributed by atoms with E-state index in [4.69, 9.17) is 14.6 Å². The predicted molar refractivity (Wildman–Crippen MR) is 68.4 cm³/mol. The first-order valence-electron chi connectivity index (χ1n) is 6.61. The third-order valence-electron chi connectivity index (χ3n) is 2.81. The van der Waals surface area contributed by atoms with Crippen molar-refractivity contribution in [1.29, 1.82) is 0 Å². The van der Waals surface area contributed by atoms with Crippen LogP contribution >= 0.6 is 0 Å². The maximum Gasteiger partial charge on any atom is 0.253 e. The van der Waals surface area contributed by atoms with E-state index < -0.39 is 0 Å². The summed E-state index contributed by atoms with van der Waals surface area (Å²) < 4.78 is 15.0. The molecule has 0 spiro atoms. The van der Waals surface area contributed by atoms with Crippen LogP contribution in [0.3, 0.4) is 0 Å². The molecule has 0 aliphatic carbocycles. The fourth-order valence-corrected chi connectivity index (χ4v) is 1.80. The van der Waals surface area contributed by atoms with Crippen LogP contribution in [0.2, 0.25) is 0 Å². The molecule has 1 aromatic heterocycles. The molecule has 5 heteroatoms. The lowest BCUT2D eigenvalue weighted by molar-refractivity contribution is -0.702. The van der Waals surface area contributed by atoms with Gasteiger partial charge in [-0.05, 0) is 6.42 Å². The fourth-order valence-electron chi connectivity index (χ4n) is 1.80. The second-order valence-electron chi connectivity index (χ2n) is 4.18. The Hall–Kier alpha value is -0.910. The summed E-state index contributed by atoms with van der Waals surface area (Å²) in [7, 11) is 0. The molecular formula is C13H25N2O3+. The summed E-state index contributed by atoms with van der Waals surface area (Å²) in [6.07, 6.45) is 5.36. The highest BCUT2D eigenvalue weighted by Gasteiger charge is 2.10. The van der Waals surface area contributed by atoms with E-state index in [9.17, 15) is 0 Å². The van der Waals surface area contributed by atoms with Gasteiger partial charge < -0.3 is 14.6 Å². The normalized spacial score (nSPS) is 11.1. The van der Waals surface area contributed by atoms with Crippen molar-refractivity contribution in [3.63, 3.8) is 0 Å². The standard InChI is InChI=1S/C13H25N2O3/c1-3-4-14-5-6-15(13(14)2)7-9-17-11-12-18-10-8-16/h5-6,16H,3-4,7-12H2,1-2H3/q+1. The molecule has 18 heavy (non-hydrogen) atoms. The average Bonchev–Trinajstić information content (AvgIpc) is 2.71. The van der Waals surface area contributed by atoms with Gasteiger partial charge >= 0.3 is 0 Å². The Kier molecular flexibility index (Phi) is 7.64. The topological polar surface area (TPSA) is 47.5 Å². The molecule has 104 valence electrons. The highest BCUT2D eigenvalue weighted by atomic mass is 16.5. The molecule has 0 radical (unpaired) electrons. The van der Waals surface area contributed by atoms with E-state index in [1.54, 1.807) is 0 Å². The number of hydrogen-bond acceptors (Lipinski definition) is 3. The molecule has 1 N–H and O–H groups in total. The Balaban J connectivity index is 2.15. The van der Waals surface area contributed by atoms with Gasteiger partial charge in [0.2, 0.25) is 0 Å². The second kappa shape index (κ2) is 9.08. The SMILES string of the molecule is CCC[n+]1ccn(CCOCCOCCO)c1C. The van der Waals surface area contributed by atoms with Crippen molar-refractivity contribution in [1.82, 2.24) is 4.57 Å². The molecule has 0 saturated heterocycles. The maximum absolute atomic E-state index is 8.52. The van der Waals surface area contributed by atoms with Crippen LogP contribution in [0, 0.1) is 6.92 Å². The van der Waals surface area contributed by atoms with Gasteiger partial charge in [0.05, 0.1) is 39.6 Å². The van der Waals surface area contributed by atoms with Crippen molar-refractivity contribution in [3.05, 3.63) is 18.2 Å². The van der Waals surface area contributed by atoms with E-state index in [1.807, 2.05) is 0 Å². The first-order valence-corrected chi connectivity index (χ1v) is 6.61. The van der Waals surface area contributed by atoms with Crippen molar-refractivity contribution in [2.75, 3.05) is 33.0 Å². The zero-order chi connectivity index (χ0) is 13.2. The molecule has 5 nitrogen and oxygen atoms in total. The van der Waals surface area contributed by atoms with Crippen molar-refractivity contribution < 1.29 is 19.1 Å². The Morgan fingerprint density at radius 2 is 1.94 bits per heavy atom. The van der Waals surface area contributed by atoms with Gasteiger partial charge in [-0.1, -0.05) is 6.92 Å². The maximum atomic E-state index is 8.52. The van der Waals surface area contributed by atoms with Crippen molar-refractivity contribution in [2.45, 2.75) is 33.4 Å². The van der Waals surface area contributed by atoms with Gasteiger partial charge in [-0.2, -0.15) is 0 Å². The van der Waals surface area contributed by atoms with E-state index in [2.05, 4.69) is 35.4 Å². The quantitative estimate of drug-likeness (QED) is 0.491. The molecule has 0 unspecified atom stereocenters. The van der Waals surface area contributed by atoms with E-state index in [-0.39, 0.29) is 6.61 Å². The molecule has 0 fully saturated rings. The minimum Gasteiger partial charge on any atom is -0.394 e. The number of nitrogens with zero attached hydrogens (tertiary/aromatic N) is 2. The van der Waals surface area contributed by atoms with Gasteiger partial charge in [0.1, 0.15) is 18.9 Å². The van der Waals surface area contributed by atoms with Gasteiger partial charge in [0, 0.05) is 6.92 Å². The molecule has 0 aliphatic rings. The third-order valence-corrected chi connectivity index (χ3v) is 2.81. The number of ether oxygens (including phenoxy) is 2. The van der Waals surface area contributed by atoms with Crippen LogP contribution in [-0.4, -0.2) is 42.7 Å². The van der Waals surface area contributed by atoms with Gasteiger partial charge in [-0.3, -0.25) is 0 Å². The summed E-state index contributed by atoms with van der Waals surface area (Å²) in [5.41, 5.74) is 0. The molecule has 0 aliphatic heterocycles. The van der Waals surface area contributed by atoms with Crippen molar-refractivity contribution in [2.24, 2.45) is 0 Å². The summed E-state index contributed by atoms with van der Waals surface area (Å²) in [4.78, 5) is 0. The molecule has 1 rings (SSSR count). The lowest BCUT2D eigenvalue weighted by atomic mass is 10.4. The Bertz CT molecular complexity index is 326. The highest BCUT2D eigenvalue weighted by Crippen LogP contribution is 1.95. The number of aryl methyl sites for hydroxylation is 1. The largest absolute Gasteiger partial charge is 0.394 e. The average molecular weight is 257 g/mol. The zero-order valence-electron chi connectivity index (χ0n) is 11.5. The minimum atomic E-state index is 0.0694. The molecule has 0 amide bonds. The molecule has 1 aromatic rings. The number of rotatable bonds is 10. The molecule has 0 atom stereocenters. The van der Waals surface area contributed by atoms with Crippen LogP contribution in [0.15, 0.2) is 12.4 Å². The number of aliphatic hydroxyl groups excluding tert-OH is 1. The summed E-state index contributed by atoms with van der Waals surface area (Å²) >= 11 is 0. The summed E-state index contributed by atoms with van der Waals surface area (Å²) in [6, 6.07) is 0. The molecule has 0 saturated carbocycles. The molecule has 0 bridgehead atoms. The number of aliphatic hydroxyl groups is 1. The highest BCUT2D eigenvalue weighted by molar-refractivity contribution is 4.79. The Morgan fingerprint density at radius 1 is 1.22 bits per heavy atom. The predicted octanol–water partition coefficient (Wildman–Crippen LogP) is 0.520. The number of imidazole rings is 1. The van der Waals surface area contributed by atoms with Crippen LogP contribution in [0.5, 0.6) is 0 Å². The van der Waals surface area contributed by atoms with Gasteiger partial charge in [0.15, 0.2) is 0 Å². The fraction of sp³-hybridized carbons (Fsp3) is 0.769. The van der Waals surface area contributed by atoms with Crippen molar-refractivity contribution in [3.8, 4) is 0 Å². The molecule has 1 heterocycles. The van der Waals surface area contributed by atoms with E-state index in [0.29, 0.717) is 26.4 Å². The molecule has 0 aromatic carbocycles. The summed E-state index contributed by atoms with van der Waals surface area (Å²) in [5, 5.41) is 8.52. The lowest BCUT2D eigenvalue weighted by Crippen LogP contribution is -2.35. The van der Waals surface area contributed by atoms with E-state index in [1.165, 1.54) is 5.82 Å². The smallest absolute Gasteiger partial charge is 0.253 e. The van der Waals surface area contributed by atoms with Gasteiger partial charge in [0.25, 0.3) is 5.82 Å². The van der Waals surface area contributed by atoms with E-state index >= 15 is 0 Å². The zero-order valence-corrected chi connectivity index (χ0v) is 11.5.